The van der Waals surface area contributed by atoms with Gasteiger partial charge >= 0.3 is 0 Å². The molecule has 32 heavy (non-hydrogen) atoms. The lowest BCUT2D eigenvalue weighted by molar-refractivity contribution is 0.0481. The summed E-state index contributed by atoms with van der Waals surface area (Å²) in [5.41, 5.74) is 7.29. The van der Waals surface area contributed by atoms with Gasteiger partial charge in [0.05, 0.1) is 29.2 Å². The van der Waals surface area contributed by atoms with Crippen LogP contribution in [0.3, 0.4) is 0 Å². The molecule has 0 saturated carbocycles. The first-order chi connectivity index (χ1) is 15.5. The molecule has 1 amide bonds. The molecule has 1 aromatic carbocycles. The Morgan fingerprint density at radius 2 is 2.09 bits per heavy atom. The first-order valence-electron chi connectivity index (χ1n) is 10.2. The number of halogens is 2. The fourth-order valence-corrected chi connectivity index (χ4v) is 4.63. The summed E-state index contributed by atoms with van der Waals surface area (Å²) in [5, 5.41) is 4.37. The number of carbonyl (C=O) groups excluding carboxylic acids is 1. The van der Waals surface area contributed by atoms with Crippen LogP contribution in [0.1, 0.15) is 23.8 Å². The molecule has 0 radical (unpaired) electrons. The van der Waals surface area contributed by atoms with E-state index in [1.165, 1.54) is 11.4 Å². The number of amides is 1. The molecular formula is C22H23F2N5O2S. The highest BCUT2D eigenvalue weighted by molar-refractivity contribution is 7.13. The van der Waals surface area contributed by atoms with Gasteiger partial charge in [-0.1, -0.05) is 6.07 Å². The van der Waals surface area contributed by atoms with Crippen LogP contribution in [-0.4, -0.2) is 47.7 Å². The third kappa shape index (κ3) is 4.77. The zero-order valence-electron chi connectivity index (χ0n) is 17.4. The Bertz CT molecular complexity index is 1090. The molecule has 3 heterocycles. The maximum atomic E-state index is 14.1. The molecular weight excluding hydrogens is 436 g/mol. The number of thiazole rings is 1. The molecule has 1 unspecified atom stereocenters. The number of benzene rings is 1. The molecule has 0 aliphatic carbocycles. The number of hydrogen-bond donors (Lipinski definition) is 2. The van der Waals surface area contributed by atoms with Gasteiger partial charge in [-0.05, 0) is 31.5 Å². The smallest absolute Gasteiger partial charge is 0.275 e. The molecule has 3 N–H and O–H groups in total. The van der Waals surface area contributed by atoms with Crippen molar-refractivity contribution in [1.82, 2.24) is 9.97 Å². The number of aromatic nitrogens is 2. The lowest BCUT2D eigenvalue weighted by atomic mass is 10.0. The van der Waals surface area contributed by atoms with Crippen LogP contribution in [0.4, 0.5) is 20.2 Å². The number of ether oxygens (including phenoxy) is 1. The highest BCUT2D eigenvalue weighted by atomic mass is 32.1. The van der Waals surface area contributed by atoms with Gasteiger partial charge in [-0.25, -0.2) is 13.8 Å². The van der Waals surface area contributed by atoms with Gasteiger partial charge < -0.3 is 20.7 Å². The molecule has 4 rings (SSSR count). The van der Waals surface area contributed by atoms with E-state index in [4.69, 9.17) is 10.5 Å². The molecule has 0 bridgehead atoms. The van der Waals surface area contributed by atoms with Gasteiger partial charge in [0.2, 0.25) is 0 Å². The summed E-state index contributed by atoms with van der Waals surface area (Å²) in [5.74, 6) is -1.96. The molecule has 0 spiro atoms. The maximum absolute atomic E-state index is 14.1. The van der Waals surface area contributed by atoms with Crippen molar-refractivity contribution in [2.45, 2.75) is 25.5 Å². The number of nitrogens with zero attached hydrogens (tertiary/aromatic N) is 3. The van der Waals surface area contributed by atoms with Crippen LogP contribution in [0.25, 0.3) is 10.6 Å². The van der Waals surface area contributed by atoms with Crippen LogP contribution in [0.5, 0.6) is 0 Å². The summed E-state index contributed by atoms with van der Waals surface area (Å²) in [6.07, 6.45) is 3.96. The van der Waals surface area contributed by atoms with E-state index in [9.17, 15) is 13.6 Å². The molecule has 2 aromatic heterocycles. The Hall–Kier alpha value is -2.95. The van der Waals surface area contributed by atoms with Gasteiger partial charge in [0.25, 0.3) is 5.91 Å². The first kappa shape index (κ1) is 22.3. The number of piperidine rings is 1. The molecule has 168 valence electrons. The number of hydrogen-bond acceptors (Lipinski definition) is 7. The van der Waals surface area contributed by atoms with Crippen molar-refractivity contribution < 1.29 is 18.3 Å². The SMILES string of the molecule is CCOC1C[C@H](N)CN(c2ccncc2NC(=O)c2csc(-c3c(F)cccc3F)n2)C1. The van der Waals surface area contributed by atoms with Crippen molar-refractivity contribution in [2.75, 3.05) is 29.9 Å². The van der Waals surface area contributed by atoms with E-state index >= 15 is 0 Å². The average Bonchev–Trinajstić information content (AvgIpc) is 3.24. The second kappa shape index (κ2) is 9.68. The number of nitrogens with one attached hydrogen (secondary N) is 1. The molecule has 3 aromatic rings. The normalized spacial score (nSPS) is 18.6. The van der Waals surface area contributed by atoms with Crippen molar-refractivity contribution >= 4 is 28.6 Å². The fraction of sp³-hybridized carbons (Fsp3) is 0.318. The summed E-state index contributed by atoms with van der Waals surface area (Å²) in [7, 11) is 0. The highest BCUT2D eigenvalue weighted by Gasteiger charge is 2.27. The average molecular weight is 460 g/mol. The summed E-state index contributed by atoms with van der Waals surface area (Å²) in [6.45, 7) is 3.80. The van der Waals surface area contributed by atoms with Crippen molar-refractivity contribution in [3.63, 3.8) is 0 Å². The lowest BCUT2D eigenvalue weighted by Crippen LogP contribution is -2.50. The van der Waals surface area contributed by atoms with Crippen LogP contribution in [0, 0.1) is 11.6 Å². The molecule has 2 atom stereocenters. The van der Waals surface area contributed by atoms with Crippen LogP contribution in [-0.2, 0) is 4.74 Å². The van der Waals surface area contributed by atoms with Crippen molar-refractivity contribution in [3.05, 3.63) is 59.4 Å². The van der Waals surface area contributed by atoms with E-state index in [0.717, 1.165) is 35.6 Å². The molecule has 1 saturated heterocycles. The van der Waals surface area contributed by atoms with E-state index in [1.54, 1.807) is 18.5 Å². The van der Waals surface area contributed by atoms with Gasteiger partial charge in [0.15, 0.2) is 0 Å². The van der Waals surface area contributed by atoms with Crippen LogP contribution in [0.15, 0.2) is 42.0 Å². The first-order valence-corrected chi connectivity index (χ1v) is 11.1. The minimum Gasteiger partial charge on any atom is -0.377 e. The summed E-state index contributed by atoms with van der Waals surface area (Å²) >= 11 is 0.997. The van der Waals surface area contributed by atoms with Gasteiger partial charge in [0, 0.05) is 37.3 Å². The standard InChI is InChI=1S/C22H23F2N5O2S/c1-2-31-14-8-13(25)10-29(11-14)19-6-7-26-9-17(19)27-21(30)18-12-32-22(28-18)20-15(23)4-3-5-16(20)24/h3-7,9,12-14H,2,8,10-11,25H2,1H3,(H,27,30)/t13-,14?/m0/s1. The maximum Gasteiger partial charge on any atom is 0.275 e. The second-order valence-corrected chi connectivity index (χ2v) is 8.32. The van der Waals surface area contributed by atoms with Gasteiger partial charge in [-0.2, -0.15) is 0 Å². The van der Waals surface area contributed by atoms with Crippen LogP contribution < -0.4 is 16.0 Å². The van der Waals surface area contributed by atoms with Gasteiger partial charge in [0.1, 0.15) is 22.3 Å². The van der Waals surface area contributed by atoms with E-state index in [-0.39, 0.29) is 28.4 Å². The van der Waals surface area contributed by atoms with Crippen molar-refractivity contribution in [2.24, 2.45) is 5.73 Å². The predicted octanol–water partition coefficient (Wildman–Crippen LogP) is 3.68. The van der Waals surface area contributed by atoms with Crippen LogP contribution in [0.2, 0.25) is 0 Å². The Morgan fingerprint density at radius 1 is 1.31 bits per heavy atom. The Morgan fingerprint density at radius 3 is 2.84 bits per heavy atom. The van der Waals surface area contributed by atoms with Crippen molar-refractivity contribution in [1.29, 1.82) is 0 Å². The summed E-state index contributed by atoms with van der Waals surface area (Å²) in [4.78, 5) is 23.2. The summed E-state index contributed by atoms with van der Waals surface area (Å²) in [6, 6.07) is 5.33. The number of carbonyl (C=O) groups is 1. The lowest BCUT2D eigenvalue weighted by Gasteiger charge is -2.38. The molecule has 1 fully saturated rings. The van der Waals surface area contributed by atoms with E-state index in [0.29, 0.717) is 25.4 Å². The van der Waals surface area contributed by atoms with Gasteiger partial charge in [-0.15, -0.1) is 11.3 Å². The third-order valence-corrected chi connectivity index (χ3v) is 6.01. The molecule has 1 aliphatic heterocycles. The molecule has 1 aliphatic rings. The fourth-order valence-electron chi connectivity index (χ4n) is 3.78. The Labute approximate surface area is 188 Å². The quantitative estimate of drug-likeness (QED) is 0.584. The predicted molar refractivity (Wildman–Crippen MR) is 120 cm³/mol. The van der Waals surface area contributed by atoms with E-state index < -0.39 is 17.5 Å². The Balaban J connectivity index is 1.55. The van der Waals surface area contributed by atoms with E-state index in [2.05, 4.69) is 20.2 Å². The number of anilines is 2. The largest absolute Gasteiger partial charge is 0.377 e. The number of rotatable bonds is 6. The topological polar surface area (TPSA) is 93.4 Å². The number of pyridine rings is 1. The minimum atomic E-state index is -0.730. The van der Waals surface area contributed by atoms with Gasteiger partial charge in [-0.3, -0.25) is 9.78 Å². The van der Waals surface area contributed by atoms with E-state index in [1.807, 2.05) is 6.92 Å². The van der Waals surface area contributed by atoms with Crippen molar-refractivity contribution in [3.8, 4) is 10.6 Å². The second-order valence-electron chi connectivity index (χ2n) is 7.46. The zero-order chi connectivity index (χ0) is 22.7. The molecule has 7 nitrogen and oxygen atoms in total. The zero-order valence-corrected chi connectivity index (χ0v) is 18.2. The minimum absolute atomic E-state index is 0.00256. The number of nitrogens with two attached hydrogens (primary N) is 1. The summed E-state index contributed by atoms with van der Waals surface area (Å²) < 4.78 is 33.9. The molecule has 10 heteroatoms. The Kier molecular flexibility index (Phi) is 6.73. The monoisotopic (exact) mass is 459 g/mol. The third-order valence-electron chi connectivity index (χ3n) is 5.15. The van der Waals surface area contributed by atoms with Crippen LogP contribution >= 0.6 is 11.3 Å². The highest BCUT2D eigenvalue weighted by Crippen LogP contribution is 2.31.